The van der Waals surface area contributed by atoms with E-state index in [1.165, 1.54) is 64.2 Å². The van der Waals surface area contributed by atoms with Gasteiger partial charge < -0.3 is 4.43 Å². The van der Waals surface area contributed by atoms with Gasteiger partial charge in [0.25, 0.3) is 5.97 Å². The van der Waals surface area contributed by atoms with Gasteiger partial charge in [-0.3, -0.25) is 4.79 Å². The van der Waals surface area contributed by atoms with Crippen molar-refractivity contribution in [2.75, 3.05) is 0 Å². The van der Waals surface area contributed by atoms with Crippen LogP contribution in [0.2, 0.25) is 6.55 Å². The van der Waals surface area contributed by atoms with Crippen molar-refractivity contribution >= 4 is 15.7 Å². The minimum Gasteiger partial charge on any atom is -0.517 e. The van der Waals surface area contributed by atoms with Gasteiger partial charge in [-0.1, -0.05) is 71.1 Å². The molecular weight excluding hydrogens is 240 g/mol. The van der Waals surface area contributed by atoms with Gasteiger partial charge in [-0.2, -0.15) is 0 Å². The summed E-state index contributed by atoms with van der Waals surface area (Å²) in [5.74, 6) is -0.0215. The van der Waals surface area contributed by atoms with Crippen LogP contribution in [0.3, 0.4) is 0 Å². The number of unbranched alkanes of at least 4 members (excludes halogenated alkanes) is 10. The zero-order chi connectivity index (χ0) is 13.5. The van der Waals surface area contributed by atoms with Crippen LogP contribution >= 0.6 is 0 Å². The molecule has 2 nitrogen and oxygen atoms in total. The molecule has 0 N–H and O–H groups in total. The van der Waals surface area contributed by atoms with E-state index in [0.29, 0.717) is 16.2 Å². The van der Waals surface area contributed by atoms with Crippen molar-refractivity contribution in [1.82, 2.24) is 0 Å². The standard InChI is InChI=1S/C15H30O2Si/c1-3-4-5-6-7-8-9-10-11-12-13-14-15(16)17-18-2/h3-14H2,1-2H3. The van der Waals surface area contributed by atoms with Gasteiger partial charge in [0, 0.05) is 6.42 Å². The Morgan fingerprint density at radius 3 is 1.72 bits per heavy atom. The molecule has 0 saturated carbocycles. The molecule has 0 bridgehead atoms. The fraction of sp³-hybridized carbons (Fsp3) is 0.933. The minimum atomic E-state index is -0.0215. The maximum atomic E-state index is 11.1. The normalized spacial score (nSPS) is 10.6. The van der Waals surface area contributed by atoms with Gasteiger partial charge >= 0.3 is 9.76 Å². The van der Waals surface area contributed by atoms with Gasteiger partial charge in [0.05, 0.1) is 0 Å². The molecule has 0 heterocycles. The largest absolute Gasteiger partial charge is 0.517 e. The zero-order valence-electron chi connectivity index (χ0n) is 12.3. The van der Waals surface area contributed by atoms with Gasteiger partial charge in [0.2, 0.25) is 0 Å². The van der Waals surface area contributed by atoms with Crippen molar-refractivity contribution in [2.45, 2.75) is 90.5 Å². The van der Waals surface area contributed by atoms with E-state index in [9.17, 15) is 4.79 Å². The lowest BCUT2D eigenvalue weighted by Crippen LogP contribution is -2.05. The van der Waals surface area contributed by atoms with Crippen LogP contribution in [0.25, 0.3) is 0 Å². The molecule has 0 spiro atoms. The Labute approximate surface area is 116 Å². The number of hydrogen-bond acceptors (Lipinski definition) is 2. The van der Waals surface area contributed by atoms with Gasteiger partial charge in [0.1, 0.15) is 0 Å². The second-order valence-corrected chi connectivity index (χ2v) is 5.58. The monoisotopic (exact) mass is 270 g/mol. The predicted molar refractivity (Wildman–Crippen MR) is 78.8 cm³/mol. The fourth-order valence-corrected chi connectivity index (χ4v) is 2.43. The second kappa shape index (κ2) is 14.7. The van der Waals surface area contributed by atoms with Crippen molar-refractivity contribution in [3.8, 4) is 0 Å². The Balaban J connectivity index is 3.01. The first-order valence-corrected chi connectivity index (χ1v) is 9.08. The number of carbonyl (C=O) groups is 1. The Kier molecular flexibility index (Phi) is 14.5. The Bertz CT molecular complexity index is 183. The van der Waals surface area contributed by atoms with Crippen LogP contribution in [0.15, 0.2) is 0 Å². The summed E-state index contributed by atoms with van der Waals surface area (Å²) in [5, 5.41) is 0. The molecule has 0 aliphatic heterocycles. The van der Waals surface area contributed by atoms with E-state index in [1.54, 1.807) is 0 Å². The Morgan fingerprint density at radius 2 is 1.28 bits per heavy atom. The summed E-state index contributed by atoms with van der Waals surface area (Å²) in [6, 6.07) is 0. The molecule has 0 rings (SSSR count). The van der Waals surface area contributed by atoms with E-state index in [0.717, 1.165) is 6.42 Å². The van der Waals surface area contributed by atoms with Gasteiger partial charge in [-0.25, -0.2) is 0 Å². The fourth-order valence-electron chi connectivity index (χ4n) is 2.10. The van der Waals surface area contributed by atoms with Crippen molar-refractivity contribution < 1.29 is 9.22 Å². The van der Waals surface area contributed by atoms with E-state index < -0.39 is 0 Å². The lowest BCUT2D eigenvalue weighted by Gasteiger charge is -2.03. The summed E-state index contributed by atoms with van der Waals surface area (Å²) in [6.45, 7) is 4.15. The minimum absolute atomic E-state index is 0.0215. The molecule has 0 atom stereocenters. The summed E-state index contributed by atoms with van der Waals surface area (Å²) < 4.78 is 4.92. The SMILES string of the molecule is CCCCCCCCCCCCCC(=O)O[Si]C. The van der Waals surface area contributed by atoms with Crippen LogP contribution in [-0.4, -0.2) is 15.7 Å². The molecule has 3 heteroatoms. The summed E-state index contributed by atoms with van der Waals surface area (Å²) >= 11 is 0. The highest BCUT2D eigenvalue weighted by Gasteiger charge is 2.00. The number of hydrogen-bond donors (Lipinski definition) is 0. The van der Waals surface area contributed by atoms with E-state index in [4.69, 9.17) is 4.43 Å². The molecule has 0 aromatic carbocycles. The predicted octanol–water partition coefficient (Wildman–Crippen LogP) is 4.90. The molecule has 0 aromatic rings. The molecule has 0 aliphatic rings. The maximum absolute atomic E-state index is 11.1. The molecule has 0 unspecified atom stereocenters. The highest BCUT2D eigenvalue weighted by molar-refractivity contribution is 6.28. The van der Waals surface area contributed by atoms with Crippen LogP contribution in [0.5, 0.6) is 0 Å². The third kappa shape index (κ3) is 13.8. The lowest BCUT2D eigenvalue weighted by molar-refractivity contribution is -0.134. The third-order valence-corrected chi connectivity index (χ3v) is 3.63. The van der Waals surface area contributed by atoms with E-state index in [2.05, 4.69) is 6.92 Å². The van der Waals surface area contributed by atoms with Crippen molar-refractivity contribution in [2.24, 2.45) is 0 Å². The first-order chi connectivity index (χ1) is 8.81. The average molecular weight is 270 g/mol. The average Bonchev–Trinajstić information content (AvgIpc) is 2.36. The maximum Gasteiger partial charge on any atom is 0.311 e. The van der Waals surface area contributed by atoms with Crippen LogP contribution < -0.4 is 0 Å². The summed E-state index contributed by atoms with van der Waals surface area (Å²) in [5.41, 5.74) is 0. The van der Waals surface area contributed by atoms with Crippen LogP contribution in [0, 0.1) is 0 Å². The van der Waals surface area contributed by atoms with Gasteiger partial charge in [-0.05, 0) is 13.0 Å². The van der Waals surface area contributed by atoms with Crippen LogP contribution in [-0.2, 0) is 9.22 Å². The van der Waals surface area contributed by atoms with Crippen molar-refractivity contribution in [3.63, 3.8) is 0 Å². The van der Waals surface area contributed by atoms with Crippen molar-refractivity contribution in [3.05, 3.63) is 0 Å². The first-order valence-electron chi connectivity index (χ1n) is 7.67. The van der Waals surface area contributed by atoms with E-state index in [-0.39, 0.29) is 5.97 Å². The second-order valence-electron chi connectivity index (χ2n) is 4.96. The Hall–Kier alpha value is -0.313. The molecule has 0 amide bonds. The highest BCUT2D eigenvalue weighted by Crippen LogP contribution is 2.11. The van der Waals surface area contributed by atoms with Crippen LogP contribution in [0.1, 0.15) is 84.0 Å². The highest BCUT2D eigenvalue weighted by atomic mass is 28.2. The molecule has 18 heavy (non-hydrogen) atoms. The zero-order valence-corrected chi connectivity index (χ0v) is 13.3. The van der Waals surface area contributed by atoms with Crippen LogP contribution in [0.4, 0.5) is 0 Å². The molecule has 0 aromatic heterocycles. The van der Waals surface area contributed by atoms with E-state index in [1.807, 2.05) is 6.55 Å². The Morgan fingerprint density at radius 1 is 0.833 bits per heavy atom. The summed E-state index contributed by atoms with van der Waals surface area (Å²) in [4.78, 5) is 11.1. The third-order valence-electron chi connectivity index (χ3n) is 3.20. The molecule has 0 saturated heterocycles. The first kappa shape index (κ1) is 17.7. The quantitative estimate of drug-likeness (QED) is 0.351. The van der Waals surface area contributed by atoms with Crippen molar-refractivity contribution in [1.29, 1.82) is 0 Å². The summed E-state index contributed by atoms with van der Waals surface area (Å²) in [6.07, 6.45) is 15.1. The summed E-state index contributed by atoms with van der Waals surface area (Å²) in [7, 11) is 0.300. The smallest absolute Gasteiger partial charge is 0.311 e. The number of carbonyl (C=O) groups excluding carboxylic acids is 1. The van der Waals surface area contributed by atoms with Gasteiger partial charge in [-0.15, -0.1) is 0 Å². The topological polar surface area (TPSA) is 26.3 Å². The molecule has 0 fully saturated rings. The number of rotatable bonds is 13. The van der Waals surface area contributed by atoms with Gasteiger partial charge in [0.15, 0.2) is 0 Å². The van der Waals surface area contributed by atoms with E-state index >= 15 is 0 Å². The molecular formula is C15H30O2Si. The molecule has 0 aliphatic carbocycles. The molecule has 2 radical (unpaired) electrons. The molecule has 106 valence electrons. The lowest BCUT2D eigenvalue weighted by atomic mass is 10.1.